The maximum Gasteiger partial charge on any atom is 0.256 e. The Balaban J connectivity index is 1.96. The summed E-state index contributed by atoms with van der Waals surface area (Å²) in [4.78, 5) is 26.5. The second-order valence-corrected chi connectivity index (χ2v) is 7.23. The molecular formula is C21H19NO2S. The lowest BCUT2D eigenvalue weighted by atomic mass is 10.0. The van der Waals surface area contributed by atoms with Crippen LogP contribution in [0.2, 0.25) is 0 Å². The Morgan fingerprint density at radius 3 is 2.24 bits per heavy atom. The number of hydrogen-bond acceptors (Lipinski definition) is 3. The van der Waals surface area contributed by atoms with E-state index in [2.05, 4.69) is 5.32 Å². The third-order valence-electron chi connectivity index (χ3n) is 4.16. The van der Waals surface area contributed by atoms with E-state index in [1.54, 1.807) is 18.2 Å². The van der Waals surface area contributed by atoms with Crippen molar-refractivity contribution in [3.05, 3.63) is 87.3 Å². The number of aryl methyl sites for hydroxylation is 2. The van der Waals surface area contributed by atoms with Gasteiger partial charge in [-0.2, -0.15) is 0 Å². The van der Waals surface area contributed by atoms with Crippen LogP contribution in [0.1, 0.15) is 42.3 Å². The molecule has 0 atom stereocenters. The van der Waals surface area contributed by atoms with Crippen LogP contribution in [-0.2, 0) is 0 Å². The quantitative estimate of drug-likeness (QED) is 0.662. The summed E-state index contributed by atoms with van der Waals surface area (Å²) in [5, 5.41) is 3.53. The molecule has 1 heterocycles. The summed E-state index contributed by atoms with van der Waals surface area (Å²) in [6, 6.07) is 16.5. The molecule has 0 saturated carbocycles. The molecule has 3 aromatic rings. The van der Waals surface area contributed by atoms with E-state index in [1.807, 2.05) is 57.2 Å². The lowest BCUT2D eigenvalue weighted by molar-refractivity contribution is 0.102. The van der Waals surface area contributed by atoms with Crippen molar-refractivity contribution < 1.29 is 9.59 Å². The molecule has 0 aliphatic carbocycles. The van der Waals surface area contributed by atoms with Crippen molar-refractivity contribution in [2.75, 3.05) is 5.32 Å². The van der Waals surface area contributed by atoms with Crippen LogP contribution in [0.25, 0.3) is 0 Å². The Morgan fingerprint density at radius 2 is 1.56 bits per heavy atom. The molecule has 0 spiro atoms. The predicted octanol–water partition coefficient (Wildman–Crippen LogP) is 5.16. The summed E-state index contributed by atoms with van der Waals surface area (Å²) in [6.45, 7) is 5.83. The van der Waals surface area contributed by atoms with Gasteiger partial charge in [-0.15, -0.1) is 11.3 Å². The number of rotatable bonds is 4. The van der Waals surface area contributed by atoms with E-state index in [1.165, 1.54) is 11.3 Å². The highest BCUT2D eigenvalue weighted by Crippen LogP contribution is 2.34. The zero-order valence-electron chi connectivity index (χ0n) is 14.4. The second-order valence-electron chi connectivity index (χ2n) is 6.01. The van der Waals surface area contributed by atoms with Gasteiger partial charge in [0, 0.05) is 16.0 Å². The minimum absolute atomic E-state index is 0.0676. The number of benzene rings is 2. The highest BCUT2D eigenvalue weighted by Gasteiger charge is 2.22. The lowest BCUT2D eigenvalue weighted by Crippen LogP contribution is -2.14. The summed E-state index contributed by atoms with van der Waals surface area (Å²) < 4.78 is 0. The highest BCUT2D eigenvalue weighted by molar-refractivity contribution is 7.17. The molecule has 2 aromatic carbocycles. The third kappa shape index (κ3) is 3.54. The minimum atomic E-state index is -0.202. The monoisotopic (exact) mass is 349 g/mol. The highest BCUT2D eigenvalue weighted by atomic mass is 32.1. The maximum atomic E-state index is 12.9. The van der Waals surface area contributed by atoms with Gasteiger partial charge in [-0.3, -0.25) is 9.59 Å². The summed E-state index contributed by atoms with van der Waals surface area (Å²) in [5.74, 6) is -0.269. The number of amides is 1. The number of carbonyl (C=O) groups is 2. The van der Waals surface area contributed by atoms with Crippen molar-refractivity contribution in [3.8, 4) is 0 Å². The van der Waals surface area contributed by atoms with Gasteiger partial charge in [-0.05, 0) is 38.5 Å². The van der Waals surface area contributed by atoms with E-state index < -0.39 is 0 Å². The van der Waals surface area contributed by atoms with Crippen molar-refractivity contribution in [3.63, 3.8) is 0 Å². The van der Waals surface area contributed by atoms with Crippen LogP contribution < -0.4 is 5.32 Å². The van der Waals surface area contributed by atoms with Crippen molar-refractivity contribution >= 4 is 28.0 Å². The molecule has 1 N–H and O–H groups in total. The van der Waals surface area contributed by atoms with Crippen LogP contribution in [0.3, 0.4) is 0 Å². The van der Waals surface area contributed by atoms with Crippen molar-refractivity contribution in [1.82, 2.24) is 0 Å². The molecule has 0 unspecified atom stereocenters. The normalized spacial score (nSPS) is 10.5. The first-order valence-corrected chi connectivity index (χ1v) is 8.87. The maximum absolute atomic E-state index is 12.9. The Hall–Kier alpha value is -2.72. The van der Waals surface area contributed by atoms with Gasteiger partial charge in [-0.25, -0.2) is 0 Å². The van der Waals surface area contributed by atoms with E-state index in [0.717, 1.165) is 16.0 Å². The Morgan fingerprint density at radius 1 is 0.880 bits per heavy atom. The van der Waals surface area contributed by atoms with Gasteiger partial charge in [-0.1, -0.05) is 48.0 Å². The molecule has 1 amide bonds. The van der Waals surface area contributed by atoms with Crippen LogP contribution >= 0.6 is 11.3 Å². The van der Waals surface area contributed by atoms with Crippen LogP contribution in [0.4, 0.5) is 5.00 Å². The molecule has 0 fully saturated rings. The zero-order valence-corrected chi connectivity index (χ0v) is 15.2. The molecule has 1 aromatic heterocycles. The Kier molecular flexibility index (Phi) is 4.81. The minimum Gasteiger partial charge on any atom is -0.313 e. The van der Waals surface area contributed by atoms with E-state index in [4.69, 9.17) is 0 Å². The average Bonchev–Trinajstić information content (AvgIpc) is 2.89. The topological polar surface area (TPSA) is 46.2 Å². The number of carbonyl (C=O) groups excluding carboxylic acids is 2. The fourth-order valence-corrected chi connectivity index (χ4v) is 3.74. The van der Waals surface area contributed by atoms with Gasteiger partial charge in [0.15, 0.2) is 5.78 Å². The van der Waals surface area contributed by atoms with Gasteiger partial charge >= 0.3 is 0 Å². The molecule has 3 rings (SSSR count). The summed E-state index contributed by atoms with van der Waals surface area (Å²) in [6.07, 6.45) is 0. The van der Waals surface area contributed by atoms with Crippen LogP contribution in [0.5, 0.6) is 0 Å². The molecule has 126 valence electrons. The predicted molar refractivity (Wildman–Crippen MR) is 103 cm³/mol. The molecule has 0 aliphatic heterocycles. The summed E-state index contributed by atoms with van der Waals surface area (Å²) in [7, 11) is 0. The number of anilines is 1. The third-order valence-corrected chi connectivity index (χ3v) is 5.28. The van der Waals surface area contributed by atoms with Crippen molar-refractivity contribution in [2.45, 2.75) is 20.8 Å². The SMILES string of the molecule is Cc1cccc(C(=O)Nc2sc(C)c(C)c2C(=O)c2ccccc2)c1. The van der Waals surface area contributed by atoms with E-state index >= 15 is 0 Å². The molecule has 0 aliphatic rings. The fourth-order valence-electron chi connectivity index (χ4n) is 2.68. The lowest BCUT2D eigenvalue weighted by Gasteiger charge is -2.08. The van der Waals surface area contributed by atoms with E-state index in [-0.39, 0.29) is 11.7 Å². The summed E-state index contributed by atoms with van der Waals surface area (Å²) in [5.41, 5.74) is 3.72. The van der Waals surface area contributed by atoms with E-state index in [0.29, 0.717) is 21.7 Å². The first-order chi connectivity index (χ1) is 12.0. The first-order valence-electron chi connectivity index (χ1n) is 8.05. The Bertz CT molecular complexity index is 942. The standard InChI is InChI=1S/C21H19NO2S/c1-13-8-7-11-17(12-13)20(24)22-21-18(14(2)15(3)25-21)19(23)16-9-5-4-6-10-16/h4-12H,1-3H3,(H,22,24). The van der Waals surface area contributed by atoms with Crippen LogP contribution in [-0.4, -0.2) is 11.7 Å². The van der Waals surface area contributed by atoms with Crippen LogP contribution in [0.15, 0.2) is 54.6 Å². The number of nitrogens with one attached hydrogen (secondary N) is 1. The average molecular weight is 349 g/mol. The number of thiophene rings is 1. The Labute approximate surface area is 151 Å². The summed E-state index contributed by atoms with van der Waals surface area (Å²) >= 11 is 1.44. The molecule has 0 radical (unpaired) electrons. The largest absolute Gasteiger partial charge is 0.313 e. The van der Waals surface area contributed by atoms with Gasteiger partial charge < -0.3 is 5.32 Å². The zero-order chi connectivity index (χ0) is 18.0. The molecular weight excluding hydrogens is 330 g/mol. The molecule has 4 heteroatoms. The van der Waals surface area contributed by atoms with Crippen LogP contribution in [0, 0.1) is 20.8 Å². The second kappa shape index (κ2) is 7.03. The molecule has 0 bridgehead atoms. The van der Waals surface area contributed by atoms with E-state index in [9.17, 15) is 9.59 Å². The number of hydrogen-bond donors (Lipinski definition) is 1. The molecule has 0 saturated heterocycles. The van der Waals surface area contributed by atoms with Crippen molar-refractivity contribution in [2.24, 2.45) is 0 Å². The smallest absolute Gasteiger partial charge is 0.256 e. The molecule has 3 nitrogen and oxygen atoms in total. The van der Waals surface area contributed by atoms with Gasteiger partial charge in [0.25, 0.3) is 5.91 Å². The molecule has 25 heavy (non-hydrogen) atoms. The van der Waals surface area contributed by atoms with Gasteiger partial charge in [0.1, 0.15) is 5.00 Å². The van der Waals surface area contributed by atoms with Gasteiger partial charge in [0.05, 0.1) is 5.56 Å². The fraction of sp³-hybridized carbons (Fsp3) is 0.143. The van der Waals surface area contributed by atoms with Gasteiger partial charge in [0.2, 0.25) is 0 Å². The first kappa shape index (κ1) is 17.1. The van der Waals surface area contributed by atoms with Crippen molar-refractivity contribution in [1.29, 1.82) is 0 Å². The number of ketones is 1.